The largest absolute Gasteiger partial charge is 0.494 e. The fraction of sp³-hybridized carbons (Fsp3) is 0.214. The zero-order chi connectivity index (χ0) is 13.5. The summed E-state index contributed by atoms with van der Waals surface area (Å²) in [5.41, 5.74) is 6.21. The van der Waals surface area contributed by atoms with E-state index in [1.54, 1.807) is 12.3 Å². The molecular weight excluding hydrogens is 260 g/mol. The van der Waals surface area contributed by atoms with Gasteiger partial charge in [-0.15, -0.1) is 0 Å². The molecule has 1 aromatic heterocycles. The smallest absolute Gasteiger partial charge is 0.119 e. The van der Waals surface area contributed by atoms with Crippen molar-refractivity contribution in [2.45, 2.75) is 11.3 Å². The standard InChI is InChI=1S/C14H16N2O2S/c15-13-11-16-8-7-14(13)19(17)10-4-9-18-12-5-2-1-3-6-12/h1-3,5-8,11H,4,9-10,15H2. The Morgan fingerprint density at radius 3 is 2.74 bits per heavy atom. The van der Waals surface area contributed by atoms with Crippen molar-refractivity contribution in [1.29, 1.82) is 0 Å². The molecule has 0 aliphatic rings. The Balaban J connectivity index is 1.77. The number of pyridine rings is 1. The van der Waals surface area contributed by atoms with Crippen molar-refractivity contribution < 1.29 is 8.95 Å². The molecule has 0 fully saturated rings. The van der Waals surface area contributed by atoms with Crippen LogP contribution in [0.15, 0.2) is 53.7 Å². The van der Waals surface area contributed by atoms with Gasteiger partial charge < -0.3 is 10.5 Å². The van der Waals surface area contributed by atoms with Gasteiger partial charge in [0.25, 0.3) is 0 Å². The van der Waals surface area contributed by atoms with Gasteiger partial charge in [0.1, 0.15) is 5.75 Å². The second kappa shape index (κ2) is 6.89. The maximum absolute atomic E-state index is 12.0. The number of ether oxygens (including phenoxy) is 1. The summed E-state index contributed by atoms with van der Waals surface area (Å²) in [5.74, 6) is 1.36. The van der Waals surface area contributed by atoms with E-state index in [0.717, 1.165) is 5.75 Å². The van der Waals surface area contributed by atoms with E-state index in [1.165, 1.54) is 6.20 Å². The molecule has 4 nitrogen and oxygen atoms in total. The first kappa shape index (κ1) is 13.5. The molecule has 1 heterocycles. The maximum atomic E-state index is 12.0. The Morgan fingerprint density at radius 2 is 2.00 bits per heavy atom. The second-order valence-electron chi connectivity index (χ2n) is 3.98. The third-order valence-corrected chi connectivity index (χ3v) is 4.06. The number of hydrogen-bond acceptors (Lipinski definition) is 4. The fourth-order valence-electron chi connectivity index (χ4n) is 1.61. The van der Waals surface area contributed by atoms with E-state index in [1.807, 2.05) is 30.3 Å². The van der Waals surface area contributed by atoms with Gasteiger partial charge in [0.05, 0.1) is 34.2 Å². The lowest BCUT2D eigenvalue weighted by molar-refractivity contribution is 0.318. The van der Waals surface area contributed by atoms with Crippen LogP contribution >= 0.6 is 0 Å². The summed E-state index contributed by atoms with van der Waals surface area (Å²) < 4.78 is 17.6. The zero-order valence-electron chi connectivity index (χ0n) is 10.5. The molecule has 1 atom stereocenters. The average molecular weight is 276 g/mol. The van der Waals surface area contributed by atoms with E-state index in [0.29, 0.717) is 29.4 Å². The van der Waals surface area contributed by atoms with Crippen molar-refractivity contribution in [3.63, 3.8) is 0 Å². The lowest BCUT2D eigenvalue weighted by atomic mass is 10.3. The Morgan fingerprint density at radius 1 is 1.21 bits per heavy atom. The van der Waals surface area contributed by atoms with Crippen LogP contribution in [-0.4, -0.2) is 21.6 Å². The van der Waals surface area contributed by atoms with Crippen molar-refractivity contribution in [3.8, 4) is 5.75 Å². The topological polar surface area (TPSA) is 65.2 Å². The molecule has 1 unspecified atom stereocenters. The summed E-state index contributed by atoms with van der Waals surface area (Å²) in [4.78, 5) is 4.53. The molecule has 0 saturated heterocycles. The van der Waals surface area contributed by atoms with E-state index in [9.17, 15) is 4.21 Å². The summed E-state index contributed by atoms with van der Waals surface area (Å²) in [6, 6.07) is 11.3. The van der Waals surface area contributed by atoms with Gasteiger partial charge in [-0.25, -0.2) is 0 Å². The molecule has 1 aromatic carbocycles. The van der Waals surface area contributed by atoms with Crippen LogP contribution in [0.5, 0.6) is 5.75 Å². The van der Waals surface area contributed by atoms with Crippen LogP contribution in [0.2, 0.25) is 0 Å². The minimum Gasteiger partial charge on any atom is -0.494 e. The third kappa shape index (κ3) is 4.06. The van der Waals surface area contributed by atoms with Crippen LogP contribution in [-0.2, 0) is 10.8 Å². The molecule has 0 amide bonds. The van der Waals surface area contributed by atoms with E-state index in [-0.39, 0.29) is 0 Å². The highest BCUT2D eigenvalue weighted by Crippen LogP contribution is 2.15. The summed E-state index contributed by atoms with van der Waals surface area (Å²) in [6.07, 6.45) is 3.83. The summed E-state index contributed by atoms with van der Waals surface area (Å²) in [6.45, 7) is 0.542. The lowest BCUT2D eigenvalue weighted by Crippen LogP contribution is -2.06. The van der Waals surface area contributed by atoms with E-state index >= 15 is 0 Å². The summed E-state index contributed by atoms with van der Waals surface area (Å²) >= 11 is 0. The Bertz CT molecular complexity index is 546. The van der Waals surface area contributed by atoms with Crippen LogP contribution < -0.4 is 10.5 Å². The van der Waals surface area contributed by atoms with E-state index in [4.69, 9.17) is 10.5 Å². The number of para-hydroxylation sites is 1. The van der Waals surface area contributed by atoms with Gasteiger partial charge in [0.15, 0.2) is 0 Å². The summed E-state index contributed by atoms with van der Waals surface area (Å²) in [7, 11) is -1.10. The molecule has 0 saturated carbocycles. The van der Waals surface area contributed by atoms with Crippen molar-refractivity contribution >= 4 is 16.5 Å². The van der Waals surface area contributed by atoms with Gasteiger partial charge in [-0.2, -0.15) is 0 Å². The van der Waals surface area contributed by atoms with Crippen molar-refractivity contribution in [2.75, 3.05) is 18.1 Å². The number of nitrogens with zero attached hydrogens (tertiary/aromatic N) is 1. The lowest BCUT2D eigenvalue weighted by Gasteiger charge is -2.07. The van der Waals surface area contributed by atoms with Crippen molar-refractivity contribution in [1.82, 2.24) is 4.98 Å². The Hall–Kier alpha value is -1.88. The van der Waals surface area contributed by atoms with Crippen LogP contribution in [0.4, 0.5) is 5.69 Å². The normalized spacial score (nSPS) is 12.0. The monoisotopic (exact) mass is 276 g/mol. The zero-order valence-corrected chi connectivity index (χ0v) is 11.3. The van der Waals surface area contributed by atoms with Gasteiger partial charge in [-0.1, -0.05) is 18.2 Å². The summed E-state index contributed by atoms with van der Waals surface area (Å²) in [5, 5.41) is 0. The van der Waals surface area contributed by atoms with E-state index in [2.05, 4.69) is 4.98 Å². The number of aromatic nitrogens is 1. The first-order valence-corrected chi connectivity index (χ1v) is 7.35. The molecule has 2 rings (SSSR count). The molecule has 2 N–H and O–H groups in total. The number of hydrogen-bond donors (Lipinski definition) is 1. The van der Waals surface area contributed by atoms with Gasteiger partial charge in [-0.05, 0) is 24.6 Å². The van der Waals surface area contributed by atoms with Gasteiger partial charge in [-0.3, -0.25) is 9.19 Å². The quantitative estimate of drug-likeness (QED) is 0.822. The molecule has 0 spiro atoms. The van der Waals surface area contributed by atoms with E-state index < -0.39 is 10.8 Å². The van der Waals surface area contributed by atoms with Crippen molar-refractivity contribution in [2.24, 2.45) is 0 Å². The van der Waals surface area contributed by atoms with Gasteiger partial charge in [0, 0.05) is 11.9 Å². The molecule has 19 heavy (non-hydrogen) atoms. The van der Waals surface area contributed by atoms with Crippen molar-refractivity contribution in [3.05, 3.63) is 48.8 Å². The average Bonchev–Trinajstić information content (AvgIpc) is 2.45. The van der Waals surface area contributed by atoms with Gasteiger partial charge in [0.2, 0.25) is 0 Å². The molecule has 100 valence electrons. The first-order chi connectivity index (χ1) is 9.27. The number of nitrogens with two attached hydrogens (primary N) is 1. The third-order valence-electron chi connectivity index (χ3n) is 2.54. The number of anilines is 1. The maximum Gasteiger partial charge on any atom is 0.119 e. The first-order valence-electron chi connectivity index (χ1n) is 6.03. The minimum atomic E-state index is -1.10. The highest BCUT2D eigenvalue weighted by Gasteiger charge is 2.07. The molecular formula is C14H16N2O2S. The molecule has 0 aliphatic heterocycles. The van der Waals surface area contributed by atoms with Crippen LogP contribution in [0.1, 0.15) is 6.42 Å². The molecule has 2 aromatic rings. The van der Waals surface area contributed by atoms with Crippen LogP contribution in [0.25, 0.3) is 0 Å². The Labute approximate surface area is 115 Å². The highest BCUT2D eigenvalue weighted by atomic mass is 32.2. The molecule has 0 radical (unpaired) electrons. The Kier molecular flexibility index (Phi) is 4.92. The molecule has 0 bridgehead atoms. The fourth-order valence-corrected chi connectivity index (χ4v) is 2.74. The number of rotatable bonds is 6. The SMILES string of the molecule is Nc1cnccc1S(=O)CCCOc1ccccc1. The predicted molar refractivity (Wildman–Crippen MR) is 76.5 cm³/mol. The highest BCUT2D eigenvalue weighted by molar-refractivity contribution is 7.85. The number of benzene rings is 1. The van der Waals surface area contributed by atoms with Gasteiger partial charge >= 0.3 is 0 Å². The second-order valence-corrected chi connectivity index (χ2v) is 5.52. The predicted octanol–water partition coefficient (Wildman–Crippen LogP) is 2.24. The van der Waals surface area contributed by atoms with Crippen LogP contribution in [0.3, 0.4) is 0 Å². The number of nitrogen functional groups attached to an aromatic ring is 1. The minimum absolute atomic E-state index is 0.477. The molecule has 0 aliphatic carbocycles. The van der Waals surface area contributed by atoms with Crippen LogP contribution in [0, 0.1) is 0 Å². The molecule has 5 heteroatoms.